The summed E-state index contributed by atoms with van der Waals surface area (Å²) in [5.41, 5.74) is 2.24. The lowest BCUT2D eigenvalue weighted by Gasteiger charge is -2.31. The summed E-state index contributed by atoms with van der Waals surface area (Å²) in [6.45, 7) is 7.81. The summed E-state index contributed by atoms with van der Waals surface area (Å²) in [5, 5.41) is 3.41. The second-order valence-corrected chi connectivity index (χ2v) is 11.1. The van der Waals surface area contributed by atoms with Gasteiger partial charge in [-0.25, -0.2) is 8.42 Å². The zero-order valence-corrected chi connectivity index (χ0v) is 22.0. The Balaban J connectivity index is 2.34. The highest BCUT2D eigenvalue weighted by Gasteiger charge is 2.30. The molecule has 9 heteroatoms. The fourth-order valence-corrected chi connectivity index (χ4v) is 4.31. The Kier molecular flexibility index (Phi) is 9.94. The van der Waals surface area contributed by atoms with Crippen molar-refractivity contribution in [1.82, 2.24) is 10.2 Å². The molecule has 2 rings (SSSR count). The number of carbonyl (C=O) groups is 2. The van der Waals surface area contributed by atoms with Gasteiger partial charge in [-0.3, -0.25) is 13.9 Å². The maximum absolute atomic E-state index is 13.5. The highest BCUT2D eigenvalue weighted by Crippen LogP contribution is 2.20. The van der Waals surface area contributed by atoms with Gasteiger partial charge < -0.3 is 10.2 Å². The van der Waals surface area contributed by atoms with E-state index in [1.54, 1.807) is 43.3 Å². The molecular formula is C25H34ClN3O4S. The van der Waals surface area contributed by atoms with E-state index >= 15 is 0 Å². The molecule has 0 aliphatic heterocycles. The van der Waals surface area contributed by atoms with Gasteiger partial charge >= 0.3 is 0 Å². The lowest BCUT2D eigenvalue weighted by Crippen LogP contribution is -2.51. The van der Waals surface area contributed by atoms with Gasteiger partial charge in [0.2, 0.25) is 21.8 Å². The molecule has 2 aromatic carbocycles. The molecule has 0 aliphatic carbocycles. The molecule has 7 nitrogen and oxygen atoms in total. The number of halogens is 1. The van der Waals surface area contributed by atoms with Gasteiger partial charge in [-0.15, -0.1) is 0 Å². The van der Waals surface area contributed by atoms with Crippen LogP contribution in [0.3, 0.4) is 0 Å². The monoisotopic (exact) mass is 507 g/mol. The largest absolute Gasteiger partial charge is 0.354 e. The molecule has 0 spiro atoms. The topological polar surface area (TPSA) is 86.8 Å². The maximum atomic E-state index is 13.5. The third-order valence-electron chi connectivity index (χ3n) is 5.43. The van der Waals surface area contributed by atoms with Crippen LogP contribution in [0, 0.1) is 5.92 Å². The number of nitrogens with one attached hydrogen (secondary N) is 1. The molecule has 1 atom stereocenters. The Hall–Kier alpha value is -2.58. The molecule has 0 aliphatic rings. The Bertz CT molecular complexity index is 1070. The van der Waals surface area contributed by atoms with Crippen molar-refractivity contribution in [3.8, 4) is 0 Å². The molecule has 0 radical (unpaired) electrons. The van der Waals surface area contributed by atoms with Crippen LogP contribution in [0.4, 0.5) is 5.69 Å². The molecular weight excluding hydrogens is 474 g/mol. The molecule has 1 N–H and O–H groups in total. The second kappa shape index (κ2) is 12.2. The molecule has 186 valence electrons. The van der Waals surface area contributed by atoms with Gasteiger partial charge in [0, 0.05) is 18.1 Å². The summed E-state index contributed by atoms with van der Waals surface area (Å²) >= 11 is 5.99. The van der Waals surface area contributed by atoms with Crippen molar-refractivity contribution in [3.05, 3.63) is 64.7 Å². The van der Waals surface area contributed by atoms with Crippen LogP contribution in [0.25, 0.3) is 0 Å². The standard InChI is InChI=1S/C25H34ClN3O4S/c1-6-20-9-13-23(14-10-20)29(34(5,32)33)17-24(30)28(16-21-7-11-22(26)12-8-21)19(4)25(31)27-15-18(2)3/h7-14,18-19H,6,15-17H2,1-5H3,(H,27,31)/t19-/m0/s1. The number of sulfonamides is 1. The van der Waals surface area contributed by atoms with E-state index in [1.807, 2.05) is 32.9 Å². The number of nitrogens with zero attached hydrogens (tertiary/aromatic N) is 2. The van der Waals surface area contributed by atoms with E-state index in [1.165, 1.54) is 4.90 Å². The third kappa shape index (κ3) is 8.02. The molecule has 0 saturated carbocycles. The summed E-state index contributed by atoms with van der Waals surface area (Å²) in [7, 11) is -3.74. The van der Waals surface area contributed by atoms with Crippen LogP contribution in [0.5, 0.6) is 0 Å². The van der Waals surface area contributed by atoms with Crippen LogP contribution in [0.15, 0.2) is 48.5 Å². The highest BCUT2D eigenvalue weighted by atomic mass is 35.5. The van der Waals surface area contributed by atoms with Gasteiger partial charge in [-0.05, 0) is 54.7 Å². The predicted octanol–water partition coefficient (Wildman–Crippen LogP) is 3.86. The predicted molar refractivity (Wildman–Crippen MR) is 137 cm³/mol. The van der Waals surface area contributed by atoms with Gasteiger partial charge in [0.05, 0.1) is 11.9 Å². The van der Waals surface area contributed by atoms with Crippen molar-refractivity contribution in [2.45, 2.75) is 46.7 Å². The van der Waals surface area contributed by atoms with Crippen LogP contribution < -0.4 is 9.62 Å². The Morgan fingerprint density at radius 3 is 2.03 bits per heavy atom. The Labute approximate surface area is 208 Å². The fourth-order valence-electron chi connectivity index (χ4n) is 3.33. The molecule has 2 amide bonds. The van der Waals surface area contributed by atoms with E-state index < -0.39 is 28.5 Å². The van der Waals surface area contributed by atoms with Gasteiger partial charge in [0.25, 0.3) is 0 Å². The third-order valence-corrected chi connectivity index (χ3v) is 6.82. The first kappa shape index (κ1) is 27.7. The van der Waals surface area contributed by atoms with Crippen molar-refractivity contribution >= 4 is 39.1 Å². The highest BCUT2D eigenvalue weighted by molar-refractivity contribution is 7.92. The minimum absolute atomic E-state index is 0.138. The van der Waals surface area contributed by atoms with Gasteiger partial charge in [-0.2, -0.15) is 0 Å². The summed E-state index contributed by atoms with van der Waals surface area (Å²) in [4.78, 5) is 27.7. The molecule has 34 heavy (non-hydrogen) atoms. The van der Waals surface area contributed by atoms with Crippen molar-refractivity contribution in [1.29, 1.82) is 0 Å². The summed E-state index contributed by atoms with van der Waals surface area (Å²) in [6, 6.07) is 13.2. The van der Waals surface area contributed by atoms with Crippen LogP contribution in [0.1, 0.15) is 38.8 Å². The average Bonchev–Trinajstić information content (AvgIpc) is 2.79. The SMILES string of the molecule is CCc1ccc(N(CC(=O)N(Cc2ccc(Cl)cc2)[C@@H](C)C(=O)NCC(C)C)S(C)(=O)=O)cc1. The molecule has 0 fully saturated rings. The normalized spacial score (nSPS) is 12.3. The van der Waals surface area contributed by atoms with Gasteiger partial charge in [0.1, 0.15) is 12.6 Å². The smallest absolute Gasteiger partial charge is 0.244 e. The van der Waals surface area contributed by atoms with E-state index in [0.717, 1.165) is 28.1 Å². The van der Waals surface area contributed by atoms with E-state index in [9.17, 15) is 18.0 Å². The minimum atomic E-state index is -3.74. The Morgan fingerprint density at radius 1 is 0.971 bits per heavy atom. The van der Waals surface area contributed by atoms with Crippen molar-refractivity contribution in [2.24, 2.45) is 5.92 Å². The number of benzene rings is 2. The second-order valence-electron chi connectivity index (χ2n) is 8.75. The number of amides is 2. The number of rotatable bonds is 11. The molecule has 0 bridgehead atoms. The molecule has 0 heterocycles. The summed E-state index contributed by atoms with van der Waals surface area (Å²) in [6.07, 6.45) is 1.88. The van der Waals surface area contributed by atoms with Gasteiger partial charge in [0.15, 0.2) is 0 Å². The van der Waals surface area contributed by atoms with E-state index in [0.29, 0.717) is 17.3 Å². The minimum Gasteiger partial charge on any atom is -0.354 e. The lowest BCUT2D eigenvalue weighted by molar-refractivity contribution is -0.139. The number of aryl methyl sites for hydroxylation is 1. The van der Waals surface area contributed by atoms with Gasteiger partial charge in [-0.1, -0.05) is 56.6 Å². The average molecular weight is 508 g/mol. The first-order valence-electron chi connectivity index (χ1n) is 11.3. The lowest BCUT2D eigenvalue weighted by atomic mass is 10.1. The summed E-state index contributed by atoms with van der Waals surface area (Å²) < 4.78 is 26.2. The number of anilines is 1. The zero-order chi connectivity index (χ0) is 25.5. The van der Waals surface area contributed by atoms with Crippen molar-refractivity contribution < 1.29 is 18.0 Å². The van der Waals surface area contributed by atoms with E-state index in [2.05, 4.69) is 5.32 Å². The number of hydrogen-bond acceptors (Lipinski definition) is 4. The summed E-state index contributed by atoms with van der Waals surface area (Å²) in [5.74, 6) is -0.523. The van der Waals surface area contributed by atoms with Crippen LogP contribution in [-0.2, 0) is 32.6 Å². The molecule has 2 aromatic rings. The Morgan fingerprint density at radius 2 is 1.53 bits per heavy atom. The number of carbonyl (C=O) groups excluding carboxylic acids is 2. The van der Waals surface area contributed by atoms with Crippen LogP contribution in [-0.4, -0.2) is 50.5 Å². The van der Waals surface area contributed by atoms with Crippen LogP contribution >= 0.6 is 11.6 Å². The first-order valence-corrected chi connectivity index (χ1v) is 13.5. The molecule has 0 saturated heterocycles. The first-order chi connectivity index (χ1) is 15.9. The quantitative estimate of drug-likeness (QED) is 0.500. The molecule has 0 unspecified atom stereocenters. The van der Waals surface area contributed by atoms with E-state index in [4.69, 9.17) is 11.6 Å². The van der Waals surface area contributed by atoms with E-state index in [-0.39, 0.29) is 18.4 Å². The maximum Gasteiger partial charge on any atom is 0.244 e. The number of hydrogen-bond donors (Lipinski definition) is 1. The fraction of sp³-hybridized carbons (Fsp3) is 0.440. The zero-order valence-electron chi connectivity index (χ0n) is 20.4. The van der Waals surface area contributed by atoms with Crippen molar-refractivity contribution in [3.63, 3.8) is 0 Å². The van der Waals surface area contributed by atoms with Crippen LogP contribution in [0.2, 0.25) is 5.02 Å². The van der Waals surface area contributed by atoms with Crippen molar-refractivity contribution in [2.75, 3.05) is 23.7 Å². The molecule has 0 aromatic heterocycles.